The normalized spacial score (nSPS) is 17.5. The van der Waals surface area contributed by atoms with Crippen LogP contribution in [0.5, 0.6) is 0 Å². The van der Waals surface area contributed by atoms with Crippen LogP contribution in [0.25, 0.3) is 0 Å². The molecule has 1 N–H and O–H groups in total. The second-order valence-corrected chi connectivity index (χ2v) is 7.09. The smallest absolute Gasteiger partial charge is 0.243 e. The number of carbonyl (C=O) groups is 1. The molecule has 1 fully saturated rings. The average molecular weight is 491 g/mol. The molecule has 1 atom stereocenters. The summed E-state index contributed by atoms with van der Waals surface area (Å²) in [6.45, 7) is 8.08. The maximum absolute atomic E-state index is 11.9. The van der Waals surface area contributed by atoms with Gasteiger partial charge in [-0.1, -0.05) is 6.92 Å². The molecule has 0 bridgehead atoms. The van der Waals surface area contributed by atoms with Crippen molar-refractivity contribution in [2.24, 2.45) is 4.99 Å². The number of hydrogen-bond donors (Lipinski definition) is 1. The molecule has 0 aliphatic carbocycles. The molecule has 27 heavy (non-hydrogen) atoms. The Morgan fingerprint density at radius 1 is 1.41 bits per heavy atom. The Labute approximate surface area is 180 Å². The molecule has 1 unspecified atom stereocenters. The van der Waals surface area contributed by atoms with Crippen LogP contribution in [0.15, 0.2) is 21.7 Å². The van der Waals surface area contributed by atoms with Crippen LogP contribution >= 0.6 is 24.0 Å². The van der Waals surface area contributed by atoms with Crippen molar-refractivity contribution in [1.29, 1.82) is 0 Å². The molecule has 0 aromatic carbocycles. The lowest BCUT2D eigenvalue weighted by molar-refractivity contribution is -0.127. The summed E-state index contributed by atoms with van der Waals surface area (Å²) >= 11 is 0. The van der Waals surface area contributed by atoms with Crippen molar-refractivity contribution in [3.8, 4) is 0 Å². The van der Waals surface area contributed by atoms with E-state index in [4.69, 9.17) is 4.42 Å². The van der Waals surface area contributed by atoms with Crippen LogP contribution in [0.4, 0.5) is 0 Å². The number of likely N-dealkylation sites (tertiary alicyclic amines) is 1. The van der Waals surface area contributed by atoms with E-state index in [0.29, 0.717) is 12.6 Å². The minimum absolute atomic E-state index is 0. The molecular formula is C19H34IN5O2. The Morgan fingerprint density at radius 3 is 2.74 bits per heavy atom. The van der Waals surface area contributed by atoms with Crippen LogP contribution in [-0.2, 0) is 11.3 Å². The summed E-state index contributed by atoms with van der Waals surface area (Å²) in [6.07, 6.45) is 4.15. The van der Waals surface area contributed by atoms with Crippen LogP contribution in [0.3, 0.4) is 0 Å². The predicted octanol–water partition coefficient (Wildman–Crippen LogP) is 2.16. The second kappa shape index (κ2) is 11.5. The summed E-state index contributed by atoms with van der Waals surface area (Å²) in [5.41, 5.74) is 1.12. The number of aliphatic imine (C=N–C) groups is 1. The third-order valence-corrected chi connectivity index (χ3v) is 5.00. The van der Waals surface area contributed by atoms with E-state index in [2.05, 4.69) is 22.1 Å². The largest absolute Gasteiger partial charge is 0.469 e. The van der Waals surface area contributed by atoms with E-state index in [9.17, 15) is 4.79 Å². The fourth-order valence-corrected chi connectivity index (χ4v) is 3.25. The number of likely N-dealkylation sites (N-methyl/N-ethyl adjacent to an activating group) is 2. The van der Waals surface area contributed by atoms with E-state index in [1.54, 1.807) is 25.3 Å². The second-order valence-electron chi connectivity index (χ2n) is 7.09. The van der Waals surface area contributed by atoms with Crippen molar-refractivity contribution in [3.05, 3.63) is 23.7 Å². The number of aryl methyl sites for hydroxylation is 1. The van der Waals surface area contributed by atoms with Crippen LogP contribution < -0.4 is 5.32 Å². The van der Waals surface area contributed by atoms with Crippen molar-refractivity contribution < 1.29 is 9.21 Å². The van der Waals surface area contributed by atoms with Gasteiger partial charge in [0.25, 0.3) is 0 Å². The highest BCUT2D eigenvalue weighted by Crippen LogP contribution is 2.16. The van der Waals surface area contributed by atoms with E-state index < -0.39 is 0 Å². The molecule has 154 valence electrons. The summed E-state index contributed by atoms with van der Waals surface area (Å²) in [5.74, 6) is 1.66. The Morgan fingerprint density at radius 2 is 2.15 bits per heavy atom. The molecule has 1 aromatic rings. The molecule has 1 amide bonds. The Hall–Kier alpha value is -1.29. The molecule has 2 heterocycles. The minimum Gasteiger partial charge on any atom is -0.469 e. The SMILES string of the molecule is CCN1CCCC1CNC(=NCC(=O)N(C)C)N(C)Cc1ccoc1C.I. The van der Waals surface area contributed by atoms with Gasteiger partial charge in [-0.25, -0.2) is 4.99 Å². The van der Waals surface area contributed by atoms with Crippen LogP contribution in [-0.4, -0.2) is 79.9 Å². The van der Waals surface area contributed by atoms with Crippen molar-refractivity contribution in [1.82, 2.24) is 20.0 Å². The summed E-state index contributed by atoms with van der Waals surface area (Å²) in [6, 6.07) is 2.50. The summed E-state index contributed by atoms with van der Waals surface area (Å²) < 4.78 is 5.39. The van der Waals surface area contributed by atoms with E-state index in [-0.39, 0.29) is 36.4 Å². The van der Waals surface area contributed by atoms with Gasteiger partial charge in [0, 0.05) is 45.8 Å². The number of hydrogen-bond acceptors (Lipinski definition) is 4. The first-order valence-electron chi connectivity index (χ1n) is 9.39. The highest BCUT2D eigenvalue weighted by molar-refractivity contribution is 14.0. The number of furan rings is 1. The van der Waals surface area contributed by atoms with Crippen molar-refractivity contribution >= 4 is 35.8 Å². The van der Waals surface area contributed by atoms with Gasteiger partial charge in [0.1, 0.15) is 12.3 Å². The third kappa shape index (κ3) is 6.99. The molecule has 1 saturated heterocycles. The van der Waals surface area contributed by atoms with Gasteiger partial charge in [0.05, 0.1) is 6.26 Å². The van der Waals surface area contributed by atoms with Gasteiger partial charge in [-0.05, 0) is 38.9 Å². The topological polar surface area (TPSA) is 64.3 Å². The number of rotatable bonds is 7. The molecule has 1 aromatic heterocycles. The molecule has 0 radical (unpaired) electrons. The van der Waals surface area contributed by atoms with E-state index >= 15 is 0 Å². The van der Waals surface area contributed by atoms with Crippen molar-refractivity contribution in [3.63, 3.8) is 0 Å². The Kier molecular flexibility index (Phi) is 10.1. The highest BCUT2D eigenvalue weighted by atomic mass is 127. The summed E-state index contributed by atoms with van der Waals surface area (Å²) in [4.78, 5) is 22.6. The maximum Gasteiger partial charge on any atom is 0.243 e. The zero-order valence-corrected chi connectivity index (χ0v) is 19.5. The monoisotopic (exact) mass is 491 g/mol. The first-order valence-corrected chi connectivity index (χ1v) is 9.39. The minimum atomic E-state index is -0.00626. The quantitative estimate of drug-likeness (QED) is 0.360. The van der Waals surface area contributed by atoms with E-state index in [1.165, 1.54) is 19.4 Å². The molecule has 1 aliphatic heterocycles. The zero-order valence-electron chi connectivity index (χ0n) is 17.2. The van der Waals surface area contributed by atoms with Gasteiger partial charge < -0.3 is 19.5 Å². The average Bonchev–Trinajstić information content (AvgIpc) is 3.23. The zero-order chi connectivity index (χ0) is 19.1. The Bertz CT molecular complexity index is 617. The van der Waals surface area contributed by atoms with Gasteiger partial charge in [-0.3, -0.25) is 9.69 Å². The van der Waals surface area contributed by atoms with Gasteiger partial charge in [-0.2, -0.15) is 0 Å². The van der Waals surface area contributed by atoms with Gasteiger partial charge in [0.15, 0.2) is 5.96 Å². The summed E-state index contributed by atoms with van der Waals surface area (Å²) in [7, 11) is 5.49. The standard InChI is InChI=1S/C19H33N5O2.HI/c1-6-24-10-7-8-17(24)12-20-19(21-13-18(25)22(3)4)23(5)14-16-9-11-26-15(16)2;/h9,11,17H,6-8,10,12-14H2,1-5H3,(H,20,21);1H. The molecular weight excluding hydrogens is 457 g/mol. The van der Waals surface area contributed by atoms with Crippen LogP contribution in [0.2, 0.25) is 0 Å². The molecule has 1 aliphatic rings. The first kappa shape index (κ1) is 23.7. The molecule has 0 saturated carbocycles. The van der Waals surface area contributed by atoms with Gasteiger partial charge >= 0.3 is 0 Å². The predicted molar refractivity (Wildman–Crippen MR) is 120 cm³/mol. The number of guanidine groups is 1. The van der Waals surface area contributed by atoms with Crippen molar-refractivity contribution in [2.75, 3.05) is 47.3 Å². The fraction of sp³-hybridized carbons (Fsp3) is 0.684. The lowest BCUT2D eigenvalue weighted by Gasteiger charge is -2.27. The first-order chi connectivity index (χ1) is 12.4. The van der Waals surface area contributed by atoms with Gasteiger partial charge in [-0.15, -0.1) is 24.0 Å². The van der Waals surface area contributed by atoms with Crippen molar-refractivity contribution in [2.45, 2.75) is 39.3 Å². The molecule has 7 nitrogen and oxygen atoms in total. The summed E-state index contributed by atoms with van der Waals surface area (Å²) in [5, 5.41) is 3.48. The van der Waals surface area contributed by atoms with Crippen LogP contribution in [0, 0.1) is 6.92 Å². The fourth-order valence-electron chi connectivity index (χ4n) is 3.25. The van der Waals surface area contributed by atoms with E-state index in [1.807, 2.05) is 24.9 Å². The van der Waals surface area contributed by atoms with Crippen LogP contribution in [0.1, 0.15) is 31.1 Å². The number of nitrogens with zero attached hydrogens (tertiary/aromatic N) is 4. The molecule has 2 rings (SSSR count). The maximum atomic E-state index is 11.9. The highest BCUT2D eigenvalue weighted by Gasteiger charge is 2.23. The number of carbonyl (C=O) groups excluding carboxylic acids is 1. The number of halogens is 1. The third-order valence-electron chi connectivity index (χ3n) is 5.00. The van der Waals surface area contributed by atoms with E-state index in [0.717, 1.165) is 30.4 Å². The van der Waals surface area contributed by atoms with Gasteiger partial charge in [0.2, 0.25) is 5.91 Å². The Balaban J connectivity index is 0.00000364. The molecule has 8 heteroatoms. The lowest BCUT2D eigenvalue weighted by atomic mass is 10.2. The number of amides is 1. The molecule has 0 spiro atoms. The lowest BCUT2D eigenvalue weighted by Crippen LogP contribution is -2.45. The number of nitrogens with one attached hydrogen (secondary N) is 1.